The number of hydrogen-bond acceptors (Lipinski definition) is 5. The highest BCUT2D eigenvalue weighted by Gasteiger charge is 2.23. The van der Waals surface area contributed by atoms with Crippen LogP contribution in [0, 0.1) is 0 Å². The molecule has 28 heavy (non-hydrogen) atoms. The number of halogens is 1. The molecule has 0 fully saturated rings. The monoisotopic (exact) mass is 424 g/mol. The maximum atomic E-state index is 12.7. The Morgan fingerprint density at radius 3 is 2.25 bits per heavy atom. The van der Waals surface area contributed by atoms with Crippen molar-refractivity contribution >= 4 is 27.6 Å². The third-order valence-electron chi connectivity index (χ3n) is 4.57. The van der Waals surface area contributed by atoms with Gasteiger partial charge in [0.25, 0.3) is 0 Å². The summed E-state index contributed by atoms with van der Waals surface area (Å²) in [6.07, 6.45) is 0. The van der Waals surface area contributed by atoms with Gasteiger partial charge >= 0.3 is 5.97 Å². The molecule has 0 saturated carbocycles. The van der Waals surface area contributed by atoms with E-state index in [0.717, 1.165) is 18.7 Å². The summed E-state index contributed by atoms with van der Waals surface area (Å²) < 4.78 is 32.7. The molecule has 0 aliphatic carbocycles. The minimum absolute atomic E-state index is 0.0811. The Morgan fingerprint density at radius 1 is 1.11 bits per heavy atom. The average Bonchev–Trinajstić information content (AvgIpc) is 2.71. The summed E-state index contributed by atoms with van der Waals surface area (Å²) in [6.45, 7) is 5.72. The molecule has 6 nitrogen and oxygen atoms in total. The maximum Gasteiger partial charge on any atom is 0.337 e. The van der Waals surface area contributed by atoms with E-state index in [1.165, 1.54) is 31.4 Å². The molecule has 0 amide bonds. The van der Waals surface area contributed by atoms with Gasteiger partial charge in [-0.1, -0.05) is 43.6 Å². The van der Waals surface area contributed by atoms with E-state index in [1.54, 1.807) is 6.07 Å². The number of benzene rings is 2. The molecule has 1 unspecified atom stereocenters. The zero-order chi connectivity index (χ0) is 20.7. The lowest BCUT2D eigenvalue weighted by atomic mass is 10.1. The summed E-state index contributed by atoms with van der Waals surface area (Å²) in [6, 6.07) is 12.9. The van der Waals surface area contributed by atoms with Gasteiger partial charge in [-0.2, -0.15) is 0 Å². The van der Waals surface area contributed by atoms with Gasteiger partial charge in [-0.15, -0.1) is 0 Å². The second-order valence-electron chi connectivity index (χ2n) is 6.13. The highest BCUT2D eigenvalue weighted by molar-refractivity contribution is 7.89. The molecule has 8 heteroatoms. The number of methoxy groups -OCH3 is 1. The van der Waals surface area contributed by atoms with Crippen LogP contribution in [0.25, 0.3) is 0 Å². The summed E-state index contributed by atoms with van der Waals surface area (Å²) >= 11 is 6.36. The molecule has 0 aliphatic rings. The van der Waals surface area contributed by atoms with Gasteiger partial charge in [-0.25, -0.2) is 17.9 Å². The van der Waals surface area contributed by atoms with E-state index in [2.05, 4.69) is 14.4 Å². The Kier molecular flexibility index (Phi) is 8.00. The number of nitrogens with zero attached hydrogens (tertiary/aromatic N) is 1. The molecular formula is C20H25ClN2O4S. The molecule has 2 aromatic rings. The first kappa shape index (κ1) is 22.4. The Labute approximate surface area is 171 Å². The van der Waals surface area contributed by atoms with Crippen molar-refractivity contribution in [1.82, 2.24) is 9.62 Å². The van der Waals surface area contributed by atoms with Crippen LogP contribution in [-0.2, 0) is 14.8 Å². The van der Waals surface area contributed by atoms with E-state index in [1.807, 2.05) is 32.0 Å². The molecule has 152 valence electrons. The number of ether oxygens (including phenoxy) is 1. The van der Waals surface area contributed by atoms with Crippen LogP contribution in [0.1, 0.15) is 35.8 Å². The Balaban J connectivity index is 2.23. The van der Waals surface area contributed by atoms with Crippen molar-refractivity contribution in [1.29, 1.82) is 0 Å². The molecule has 0 radical (unpaired) electrons. The van der Waals surface area contributed by atoms with E-state index in [4.69, 9.17) is 11.6 Å². The number of hydrogen-bond donors (Lipinski definition) is 1. The van der Waals surface area contributed by atoms with Crippen LogP contribution < -0.4 is 4.72 Å². The fraction of sp³-hybridized carbons (Fsp3) is 0.350. The van der Waals surface area contributed by atoms with E-state index < -0.39 is 16.0 Å². The van der Waals surface area contributed by atoms with E-state index in [-0.39, 0.29) is 17.5 Å². The van der Waals surface area contributed by atoms with Gasteiger partial charge < -0.3 is 4.74 Å². The fourth-order valence-electron chi connectivity index (χ4n) is 3.01. The number of rotatable bonds is 9. The highest BCUT2D eigenvalue weighted by atomic mass is 35.5. The average molecular weight is 425 g/mol. The number of carbonyl (C=O) groups is 1. The minimum atomic E-state index is -3.75. The molecule has 0 bridgehead atoms. The lowest BCUT2D eigenvalue weighted by Gasteiger charge is -2.30. The minimum Gasteiger partial charge on any atom is -0.465 e. The first-order valence-electron chi connectivity index (χ1n) is 9.00. The smallest absolute Gasteiger partial charge is 0.337 e. The third-order valence-corrected chi connectivity index (χ3v) is 6.35. The highest BCUT2D eigenvalue weighted by Crippen LogP contribution is 2.27. The number of esters is 1. The SMILES string of the molecule is CCN(CC)C(CNS(=O)(=O)c1ccc(C(=O)OC)cc1)c1ccccc1Cl. The first-order chi connectivity index (χ1) is 13.3. The fourth-order valence-corrected chi connectivity index (χ4v) is 4.31. The van der Waals surface area contributed by atoms with Crippen molar-refractivity contribution in [3.05, 3.63) is 64.7 Å². The van der Waals surface area contributed by atoms with Crippen LogP contribution in [0.3, 0.4) is 0 Å². The quantitative estimate of drug-likeness (QED) is 0.623. The number of nitrogens with one attached hydrogen (secondary N) is 1. The van der Waals surface area contributed by atoms with Crippen molar-refractivity contribution in [2.75, 3.05) is 26.7 Å². The van der Waals surface area contributed by atoms with Crippen molar-refractivity contribution in [3.8, 4) is 0 Å². The molecule has 2 rings (SSSR count). The molecular weight excluding hydrogens is 400 g/mol. The van der Waals surface area contributed by atoms with Gasteiger partial charge in [0, 0.05) is 17.6 Å². The maximum absolute atomic E-state index is 12.7. The number of carbonyl (C=O) groups excluding carboxylic acids is 1. The number of sulfonamides is 1. The van der Waals surface area contributed by atoms with Crippen molar-refractivity contribution in [2.45, 2.75) is 24.8 Å². The van der Waals surface area contributed by atoms with Gasteiger partial charge in [0.1, 0.15) is 0 Å². The standard InChI is InChI=1S/C20H25ClN2O4S/c1-4-23(5-2)19(17-8-6-7-9-18(17)21)14-22-28(25,26)16-12-10-15(11-13-16)20(24)27-3/h6-13,19,22H,4-5,14H2,1-3H3. The molecule has 0 saturated heterocycles. The lowest BCUT2D eigenvalue weighted by molar-refractivity contribution is 0.0600. The molecule has 2 aromatic carbocycles. The van der Waals surface area contributed by atoms with Crippen molar-refractivity contribution in [2.24, 2.45) is 0 Å². The predicted molar refractivity (Wildman–Crippen MR) is 110 cm³/mol. The Morgan fingerprint density at radius 2 is 1.71 bits per heavy atom. The summed E-state index contributed by atoms with van der Waals surface area (Å²) in [5.74, 6) is -0.516. The lowest BCUT2D eigenvalue weighted by Crippen LogP contribution is -2.38. The normalized spacial score (nSPS) is 12.8. The van der Waals surface area contributed by atoms with Gasteiger partial charge in [-0.3, -0.25) is 4.90 Å². The second-order valence-corrected chi connectivity index (χ2v) is 8.30. The summed E-state index contributed by atoms with van der Waals surface area (Å²) in [5, 5.41) is 0.598. The zero-order valence-electron chi connectivity index (χ0n) is 16.2. The van der Waals surface area contributed by atoms with E-state index in [0.29, 0.717) is 10.6 Å². The van der Waals surface area contributed by atoms with Crippen molar-refractivity contribution < 1.29 is 17.9 Å². The second kappa shape index (κ2) is 10.0. The van der Waals surface area contributed by atoms with Crippen LogP contribution in [0.15, 0.2) is 53.4 Å². The third kappa shape index (κ3) is 5.32. The summed E-state index contributed by atoms with van der Waals surface area (Å²) in [4.78, 5) is 13.7. The predicted octanol–water partition coefficient (Wildman–Crippen LogP) is 3.49. The van der Waals surface area contributed by atoms with Gasteiger partial charge in [0.2, 0.25) is 10.0 Å². The molecule has 0 spiro atoms. The van der Waals surface area contributed by atoms with Crippen LogP contribution >= 0.6 is 11.6 Å². The molecule has 1 atom stereocenters. The molecule has 1 N–H and O–H groups in total. The van der Waals surface area contributed by atoms with Gasteiger partial charge in [0.15, 0.2) is 0 Å². The van der Waals surface area contributed by atoms with Crippen molar-refractivity contribution in [3.63, 3.8) is 0 Å². The zero-order valence-corrected chi connectivity index (χ0v) is 17.8. The molecule has 0 aliphatic heterocycles. The first-order valence-corrected chi connectivity index (χ1v) is 10.9. The van der Waals surface area contributed by atoms with E-state index >= 15 is 0 Å². The van der Waals surface area contributed by atoms with Gasteiger partial charge in [0.05, 0.1) is 17.6 Å². The van der Waals surface area contributed by atoms with Crippen LogP contribution in [0.4, 0.5) is 0 Å². The number of likely N-dealkylation sites (N-methyl/N-ethyl adjacent to an activating group) is 1. The largest absolute Gasteiger partial charge is 0.465 e. The summed E-state index contributed by atoms with van der Waals surface area (Å²) in [5.41, 5.74) is 1.16. The van der Waals surface area contributed by atoms with Crippen LogP contribution in [-0.4, -0.2) is 46.0 Å². The molecule has 0 aromatic heterocycles. The van der Waals surface area contributed by atoms with Crippen LogP contribution in [0.2, 0.25) is 5.02 Å². The topological polar surface area (TPSA) is 75.7 Å². The Bertz CT molecular complexity index is 897. The van der Waals surface area contributed by atoms with E-state index in [9.17, 15) is 13.2 Å². The van der Waals surface area contributed by atoms with Gasteiger partial charge in [-0.05, 0) is 49.0 Å². The summed E-state index contributed by atoms with van der Waals surface area (Å²) in [7, 11) is -2.47. The molecule has 0 heterocycles. The Hall–Kier alpha value is -1.93. The van der Waals surface area contributed by atoms with Crippen LogP contribution in [0.5, 0.6) is 0 Å².